The van der Waals surface area contributed by atoms with Crippen molar-refractivity contribution in [1.82, 2.24) is 15.1 Å². The molecule has 0 unspecified atom stereocenters. The fourth-order valence-corrected chi connectivity index (χ4v) is 2.75. The number of carbonyl (C=O) groups excluding carboxylic acids is 1. The van der Waals surface area contributed by atoms with Gasteiger partial charge in [-0.3, -0.25) is 9.59 Å². The van der Waals surface area contributed by atoms with E-state index in [1.165, 1.54) is 35.0 Å². The van der Waals surface area contributed by atoms with Gasteiger partial charge in [-0.25, -0.2) is 9.07 Å². The van der Waals surface area contributed by atoms with E-state index in [0.29, 0.717) is 11.4 Å². The van der Waals surface area contributed by atoms with Crippen molar-refractivity contribution in [2.75, 3.05) is 13.2 Å². The molecule has 0 spiro atoms. The van der Waals surface area contributed by atoms with E-state index in [2.05, 4.69) is 10.4 Å². The topological polar surface area (TPSA) is 73.2 Å². The summed E-state index contributed by atoms with van der Waals surface area (Å²) in [7, 11) is 0. The lowest BCUT2D eigenvalue weighted by Crippen LogP contribution is -2.50. The summed E-state index contributed by atoms with van der Waals surface area (Å²) in [6.07, 6.45) is 0. The van der Waals surface area contributed by atoms with Crippen LogP contribution in [0.1, 0.15) is 13.8 Å². The summed E-state index contributed by atoms with van der Waals surface area (Å²) in [5, 5.41) is 7.15. The van der Waals surface area contributed by atoms with Crippen LogP contribution < -0.4 is 15.6 Å². The molecule has 0 saturated heterocycles. The molecule has 3 aromatic rings. The van der Waals surface area contributed by atoms with E-state index in [1.54, 1.807) is 19.9 Å². The Kier molecular flexibility index (Phi) is 6.07. The molecule has 1 aromatic heterocycles. The zero-order valence-corrected chi connectivity index (χ0v) is 16.3. The SMILES string of the molecule is CC(C)(C(=O)NCCOc1ccc(F)cc1)n1nc(-c2ccccc2)ccc1=O. The summed E-state index contributed by atoms with van der Waals surface area (Å²) in [4.78, 5) is 25.1. The highest BCUT2D eigenvalue weighted by Crippen LogP contribution is 2.18. The molecule has 1 N–H and O–H groups in total. The summed E-state index contributed by atoms with van der Waals surface area (Å²) in [6, 6.07) is 18.1. The summed E-state index contributed by atoms with van der Waals surface area (Å²) < 4.78 is 19.5. The lowest BCUT2D eigenvalue weighted by atomic mass is 10.0. The monoisotopic (exact) mass is 395 g/mol. The Morgan fingerprint density at radius 3 is 2.45 bits per heavy atom. The van der Waals surface area contributed by atoms with Crippen LogP contribution in [0.25, 0.3) is 11.3 Å². The van der Waals surface area contributed by atoms with E-state index in [4.69, 9.17) is 4.74 Å². The standard InChI is InChI=1S/C22H22FN3O3/c1-22(2,21(28)24-14-15-29-18-10-8-17(23)9-11-18)26-20(27)13-12-19(25-26)16-6-4-3-5-7-16/h3-13H,14-15H2,1-2H3,(H,24,28). The van der Waals surface area contributed by atoms with Crippen molar-refractivity contribution in [2.45, 2.75) is 19.4 Å². The fraction of sp³-hybridized carbons (Fsp3) is 0.227. The molecule has 1 amide bonds. The number of halogens is 1. The highest BCUT2D eigenvalue weighted by molar-refractivity contribution is 5.83. The Morgan fingerprint density at radius 2 is 1.76 bits per heavy atom. The summed E-state index contributed by atoms with van der Waals surface area (Å²) in [5.41, 5.74) is -0.110. The van der Waals surface area contributed by atoms with Crippen LogP contribution in [0, 0.1) is 5.82 Å². The maximum Gasteiger partial charge on any atom is 0.267 e. The van der Waals surface area contributed by atoms with Crippen LogP contribution in [0.2, 0.25) is 0 Å². The zero-order chi connectivity index (χ0) is 20.9. The van der Waals surface area contributed by atoms with E-state index in [1.807, 2.05) is 30.3 Å². The molecule has 6 nitrogen and oxygen atoms in total. The molecule has 0 aliphatic heterocycles. The predicted octanol–water partition coefficient (Wildman–Crippen LogP) is 2.98. The number of hydrogen-bond donors (Lipinski definition) is 1. The molecule has 0 aliphatic rings. The molecule has 29 heavy (non-hydrogen) atoms. The number of amides is 1. The van der Waals surface area contributed by atoms with Gasteiger partial charge in [0.05, 0.1) is 12.2 Å². The van der Waals surface area contributed by atoms with Gasteiger partial charge in [-0.15, -0.1) is 0 Å². The molecule has 3 rings (SSSR count). The van der Waals surface area contributed by atoms with E-state index >= 15 is 0 Å². The van der Waals surface area contributed by atoms with E-state index in [-0.39, 0.29) is 30.4 Å². The molecule has 0 radical (unpaired) electrons. The second kappa shape index (κ2) is 8.68. The van der Waals surface area contributed by atoms with Crippen LogP contribution in [0.3, 0.4) is 0 Å². The normalized spacial score (nSPS) is 11.1. The lowest BCUT2D eigenvalue weighted by Gasteiger charge is -2.25. The number of rotatable bonds is 7. The van der Waals surface area contributed by atoms with Crippen molar-refractivity contribution in [3.63, 3.8) is 0 Å². The van der Waals surface area contributed by atoms with Crippen LogP contribution in [0.5, 0.6) is 5.75 Å². The second-order valence-electron chi connectivity index (χ2n) is 6.95. The summed E-state index contributed by atoms with van der Waals surface area (Å²) >= 11 is 0. The highest BCUT2D eigenvalue weighted by atomic mass is 19.1. The van der Waals surface area contributed by atoms with Crippen molar-refractivity contribution in [3.05, 3.63) is 82.9 Å². The molecule has 1 heterocycles. The Labute approximate surface area is 168 Å². The third-order valence-electron chi connectivity index (χ3n) is 4.42. The minimum Gasteiger partial charge on any atom is -0.492 e. The van der Waals surface area contributed by atoms with Gasteiger partial charge < -0.3 is 10.1 Å². The van der Waals surface area contributed by atoms with Crippen LogP contribution in [0.4, 0.5) is 4.39 Å². The Hall–Kier alpha value is -3.48. The van der Waals surface area contributed by atoms with Gasteiger partial charge >= 0.3 is 0 Å². The highest BCUT2D eigenvalue weighted by Gasteiger charge is 2.32. The third kappa shape index (κ3) is 4.87. The second-order valence-corrected chi connectivity index (χ2v) is 6.95. The number of carbonyl (C=O) groups is 1. The van der Waals surface area contributed by atoms with Crippen molar-refractivity contribution in [2.24, 2.45) is 0 Å². The Bertz CT molecular complexity index is 1030. The summed E-state index contributed by atoms with van der Waals surface area (Å²) in [6.45, 7) is 3.70. The van der Waals surface area contributed by atoms with Crippen molar-refractivity contribution in [1.29, 1.82) is 0 Å². The van der Waals surface area contributed by atoms with E-state index < -0.39 is 5.54 Å². The Balaban J connectivity index is 1.66. The first-order valence-corrected chi connectivity index (χ1v) is 9.21. The first kappa shape index (κ1) is 20.3. The molecule has 0 bridgehead atoms. The maximum absolute atomic E-state index is 12.9. The van der Waals surface area contributed by atoms with Crippen LogP contribution in [-0.2, 0) is 10.3 Å². The van der Waals surface area contributed by atoms with Gasteiger partial charge in [0.25, 0.3) is 5.56 Å². The maximum atomic E-state index is 12.9. The molecule has 0 atom stereocenters. The third-order valence-corrected chi connectivity index (χ3v) is 4.42. The molecule has 2 aromatic carbocycles. The van der Waals surface area contributed by atoms with Gasteiger partial charge in [-0.05, 0) is 44.2 Å². The molecular formula is C22H22FN3O3. The van der Waals surface area contributed by atoms with Crippen molar-refractivity contribution < 1.29 is 13.9 Å². The minimum atomic E-state index is -1.20. The zero-order valence-electron chi connectivity index (χ0n) is 16.3. The molecular weight excluding hydrogens is 373 g/mol. The lowest BCUT2D eigenvalue weighted by molar-refractivity contribution is -0.129. The van der Waals surface area contributed by atoms with Gasteiger partial charge in [0.1, 0.15) is 23.7 Å². The molecule has 7 heteroatoms. The van der Waals surface area contributed by atoms with Gasteiger partial charge in [0, 0.05) is 11.6 Å². The first-order chi connectivity index (χ1) is 13.9. The average molecular weight is 395 g/mol. The molecule has 150 valence electrons. The number of aromatic nitrogens is 2. The molecule has 0 fully saturated rings. The fourth-order valence-electron chi connectivity index (χ4n) is 2.75. The molecule has 0 saturated carbocycles. The molecule has 0 aliphatic carbocycles. The predicted molar refractivity (Wildman–Crippen MR) is 108 cm³/mol. The number of hydrogen-bond acceptors (Lipinski definition) is 4. The first-order valence-electron chi connectivity index (χ1n) is 9.21. The van der Waals surface area contributed by atoms with Gasteiger partial charge in [0.2, 0.25) is 5.91 Å². The summed E-state index contributed by atoms with van der Waals surface area (Å²) in [5.74, 6) is -0.198. The van der Waals surface area contributed by atoms with Crippen molar-refractivity contribution >= 4 is 5.91 Å². The van der Waals surface area contributed by atoms with Crippen LogP contribution >= 0.6 is 0 Å². The van der Waals surface area contributed by atoms with E-state index in [0.717, 1.165) is 5.56 Å². The Morgan fingerprint density at radius 1 is 1.07 bits per heavy atom. The van der Waals surface area contributed by atoms with Crippen LogP contribution in [0.15, 0.2) is 71.5 Å². The smallest absolute Gasteiger partial charge is 0.267 e. The van der Waals surface area contributed by atoms with Gasteiger partial charge in [-0.1, -0.05) is 30.3 Å². The van der Waals surface area contributed by atoms with Gasteiger partial charge in [0.15, 0.2) is 0 Å². The van der Waals surface area contributed by atoms with Gasteiger partial charge in [-0.2, -0.15) is 5.10 Å². The minimum absolute atomic E-state index is 0.208. The number of nitrogens with zero attached hydrogens (tertiary/aromatic N) is 2. The average Bonchev–Trinajstić information content (AvgIpc) is 2.73. The van der Waals surface area contributed by atoms with Crippen LogP contribution in [-0.4, -0.2) is 28.8 Å². The number of ether oxygens (including phenoxy) is 1. The quantitative estimate of drug-likeness (QED) is 0.624. The number of benzene rings is 2. The number of nitrogens with one attached hydrogen (secondary N) is 1. The largest absolute Gasteiger partial charge is 0.492 e. The van der Waals surface area contributed by atoms with Crippen molar-refractivity contribution in [3.8, 4) is 17.0 Å². The van der Waals surface area contributed by atoms with E-state index in [9.17, 15) is 14.0 Å².